The van der Waals surface area contributed by atoms with Crippen LogP contribution in [0.3, 0.4) is 0 Å². The molecule has 2 aliphatic rings. The number of ether oxygens (including phenoxy) is 1. The lowest BCUT2D eigenvalue weighted by atomic mass is 9.71. The highest BCUT2D eigenvalue weighted by atomic mass is 16.5. The molecule has 0 aromatic rings. The summed E-state index contributed by atoms with van der Waals surface area (Å²) in [6, 6.07) is 0. The third-order valence-electron chi connectivity index (χ3n) is 4.42. The highest BCUT2D eigenvalue weighted by Crippen LogP contribution is 2.38. The van der Waals surface area contributed by atoms with Gasteiger partial charge in [0.2, 0.25) is 0 Å². The minimum atomic E-state index is 0.597. The molecule has 1 heterocycles. The minimum Gasteiger partial charge on any atom is -0.378 e. The van der Waals surface area contributed by atoms with Crippen LogP contribution in [0.25, 0.3) is 0 Å². The van der Waals surface area contributed by atoms with Gasteiger partial charge in [-0.3, -0.25) is 0 Å². The lowest BCUT2D eigenvalue weighted by Gasteiger charge is -2.37. The van der Waals surface area contributed by atoms with E-state index in [0.717, 1.165) is 24.4 Å². The fraction of sp³-hybridized carbons (Fsp3) is 1.00. The summed E-state index contributed by atoms with van der Waals surface area (Å²) in [4.78, 5) is 0. The van der Waals surface area contributed by atoms with Crippen LogP contribution in [-0.2, 0) is 4.74 Å². The van der Waals surface area contributed by atoms with Gasteiger partial charge in [-0.05, 0) is 69.4 Å². The van der Waals surface area contributed by atoms with Crippen molar-refractivity contribution >= 4 is 0 Å². The smallest absolute Gasteiger partial charge is 0.0576 e. The monoisotopic (exact) mass is 239 g/mol. The molecular formula is C15H29NO. The van der Waals surface area contributed by atoms with Crippen molar-refractivity contribution < 1.29 is 4.74 Å². The maximum Gasteiger partial charge on any atom is 0.0576 e. The molecule has 2 rings (SSSR count). The summed E-state index contributed by atoms with van der Waals surface area (Å²) in [5, 5.41) is 3.61. The van der Waals surface area contributed by atoms with Gasteiger partial charge in [0.15, 0.2) is 0 Å². The van der Waals surface area contributed by atoms with Crippen molar-refractivity contribution in [2.24, 2.45) is 17.8 Å². The molecule has 100 valence electrons. The van der Waals surface area contributed by atoms with Crippen LogP contribution in [0.15, 0.2) is 0 Å². The van der Waals surface area contributed by atoms with Gasteiger partial charge >= 0.3 is 0 Å². The highest BCUT2D eigenvalue weighted by Gasteiger charge is 2.31. The first-order valence-electron chi connectivity index (χ1n) is 7.58. The number of hydrogen-bond acceptors (Lipinski definition) is 2. The molecule has 0 bridgehead atoms. The van der Waals surface area contributed by atoms with Crippen molar-refractivity contribution in [1.29, 1.82) is 0 Å². The molecule has 1 saturated carbocycles. The molecule has 3 atom stereocenters. The molecule has 0 spiro atoms. The lowest BCUT2D eigenvalue weighted by Crippen LogP contribution is -2.36. The maximum absolute atomic E-state index is 5.70. The second kappa shape index (κ2) is 6.75. The van der Waals surface area contributed by atoms with Crippen LogP contribution in [0, 0.1) is 17.8 Å². The van der Waals surface area contributed by atoms with Crippen LogP contribution in [0.2, 0.25) is 0 Å². The summed E-state index contributed by atoms with van der Waals surface area (Å²) in [6.07, 6.45) is 8.81. The molecule has 1 aliphatic heterocycles. The van der Waals surface area contributed by atoms with Crippen LogP contribution < -0.4 is 5.32 Å². The van der Waals surface area contributed by atoms with Gasteiger partial charge in [-0.15, -0.1) is 0 Å². The molecule has 0 radical (unpaired) electrons. The molecule has 1 N–H and O–H groups in total. The zero-order chi connectivity index (χ0) is 12.1. The number of rotatable bonds is 7. The third kappa shape index (κ3) is 4.26. The van der Waals surface area contributed by atoms with Crippen molar-refractivity contribution in [2.45, 2.75) is 58.5 Å². The average molecular weight is 239 g/mol. The van der Waals surface area contributed by atoms with E-state index < -0.39 is 0 Å². The molecule has 0 aromatic heterocycles. The molecule has 2 nitrogen and oxygen atoms in total. The third-order valence-corrected chi connectivity index (χ3v) is 4.42. The standard InChI is InChI=1S/C15H29NO/c1-12(2)10-16-11-14-6-5-13(14)7-8-15-4-3-9-17-15/h12-16H,3-11H2,1-2H3. The normalized spacial score (nSPS) is 33.0. The van der Waals surface area contributed by atoms with E-state index in [1.807, 2.05) is 0 Å². The highest BCUT2D eigenvalue weighted by molar-refractivity contribution is 4.83. The van der Waals surface area contributed by atoms with Gasteiger partial charge in [0.25, 0.3) is 0 Å². The Morgan fingerprint density at radius 3 is 2.53 bits per heavy atom. The Morgan fingerprint density at radius 1 is 1.12 bits per heavy atom. The van der Waals surface area contributed by atoms with E-state index in [1.54, 1.807) is 0 Å². The predicted octanol–water partition coefficient (Wildman–Crippen LogP) is 3.22. The Kier molecular flexibility index (Phi) is 5.30. The maximum atomic E-state index is 5.70. The van der Waals surface area contributed by atoms with Crippen molar-refractivity contribution in [1.82, 2.24) is 5.32 Å². The van der Waals surface area contributed by atoms with Gasteiger partial charge in [-0.25, -0.2) is 0 Å². The molecule has 2 fully saturated rings. The fourth-order valence-corrected chi connectivity index (χ4v) is 3.12. The Labute approximate surface area is 107 Å². The molecular weight excluding hydrogens is 210 g/mol. The lowest BCUT2D eigenvalue weighted by molar-refractivity contribution is 0.0794. The van der Waals surface area contributed by atoms with Crippen molar-refractivity contribution in [2.75, 3.05) is 19.7 Å². The topological polar surface area (TPSA) is 21.3 Å². The summed E-state index contributed by atoms with van der Waals surface area (Å²) < 4.78 is 5.70. The largest absolute Gasteiger partial charge is 0.378 e. The van der Waals surface area contributed by atoms with Gasteiger partial charge in [0.05, 0.1) is 6.10 Å². The predicted molar refractivity (Wildman–Crippen MR) is 72.1 cm³/mol. The van der Waals surface area contributed by atoms with E-state index in [2.05, 4.69) is 19.2 Å². The van der Waals surface area contributed by atoms with Crippen LogP contribution in [-0.4, -0.2) is 25.8 Å². The van der Waals surface area contributed by atoms with E-state index in [9.17, 15) is 0 Å². The average Bonchev–Trinajstić information content (AvgIpc) is 2.75. The van der Waals surface area contributed by atoms with Crippen molar-refractivity contribution in [3.05, 3.63) is 0 Å². The van der Waals surface area contributed by atoms with Crippen LogP contribution in [0.1, 0.15) is 52.4 Å². The molecule has 0 aromatic carbocycles. The van der Waals surface area contributed by atoms with Gasteiger partial charge in [0.1, 0.15) is 0 Å². The van der Waals surface area contributed by atoms with Crippen molar-refractivity contribution in [3.63, 3.8) is 0 Å². The first-order valence-corrected chi connectivity index (χ1v) is 7.58. The van der Waals surface area contributed by atoms with Crippen molar-refractivity contribution in [3.8, 4) is 0 Å². The summed E-state index contributed by atoms with van der Waals surface area (Å²) in [5.74, 6) is 2.72. The summed E-state index contributed by atoms with van der Waals surface area (Å²) in [7, 11) is 0. The SMILES string of the molecule is CC(C)CNCC1CCC1CCC1CCCO1. The quantitative estimate of drug-likeness (QED) is 0.736. The molecule has 17 heavy (non-hydrogen) atoms. The molecule has 1 aliphatic carbocycles. The van der Waals surface area contributed by atoms with Gasteiger partial charge in [0, 0.05) is 6.61 Å². The van der Waals surface area contributed by atoms with Gasteiger partial charge < -0.3 is 10.1 Å². The molecule has 3 unspecified atom stereocenters. The van der Waals surface area contributed by atoms with E-state index >= 15 is 0 Å². The van der Waals surface area contributed by atoms with Gasteiger partial charge in [-0.2, -0.15) is 0 Å². The van der Waals surface area contributed by atoms with Crippen LogP contribution >= 0.6 is 0 Å². The first kappa shape index (κ1) is 13.4. The molecule has 1 saturated heterocycles. The van der Waals surface area contributed by atoms with E-state index in [1.165, 1.54) is 51.6 Å². The molecule has 0 amide bonds. The zero-order valence-electron chi connectivity index (χ0n) is 11.6. The van der Waals surface area contributed by atoms with Gasteiger partial charge in [-0.1, -0.05) is 13.8 Å². The molecule has 2 heteroatoms. The van der Waals surface area contributed by atoms with Crippen LogP contribution in [0.4, 0.5) is 0 Å². The Hall–Kier alpha value is -0.0800. The Balaban J connectivity index is 1.55. The number of hydrogen-bond donors (Lipinski definition) is 1. The Morgan fingerprint density at radius 2 is 1.94 bits per heavy atom. The summed E-state index contributed by atoms with van der Waals surface area (Å²) in [6.45, 7) is 7.99. The van der Waals surface area contributed by atoms with E-state index in [4.69, 9.17) is 4.74 Å². The second-order valence-corrected chi connectivity index (χ2v) is 6.36. The second-order valence-electron chi connectivity index (χ2n) is 6.36. The Bertz CT molecular complexity index is 211. The number of nitrogens with one attached hydrogen (secondary N) is 1. The van der Waals surface area contributed by atoms with Crippen LogP contribution in [0.5, 0.6) is 0 Å². The zero-order valence-corrected chi connectivity index (χ0v) is 11.6. The van der Waals surface area contributed by atoms with E-state index in [-0.39, 0.29) is 0 Å². The fourth-order valence-electron chi connectivity index (χ4n) is 3.12. The summed E-state index contributed by atoms with van der Waals surface area (Å²) >= 11 is 0. The first-order chi connectivity index (χ1) is 8.25. The minimum absolute atomic E-state index is 0.597. The van der Waals surface area contributed by atoms with E-state index in [0.29, 0.717) is 6.10 Å². The summed E-state index contributed by atoms with van der Waals surface area (Å²) in [5.41, 5.74) is 0.